The molecule has 41 heavy (non-hydrogen) atoms. The first-order valence-corrected chi connectivity index (χ1v) is 20.0. The quantitative estimate of drug-likeness (QED) is 0.247. The van der Waals surface area contributed by atoms with Gasteiger partial charge in [-0.05, 0) is 154 Å². The zero-order valence-corrected chi connectivity index (χ0v) is 28.8. The fourth-order valence-electron chi connectivity index (χ4n) is 12.6. The molecule has 0 aromatic heterocycles. The van der Waals surface area contributed by atoms with Gasteiger partial charge in [0.25, 0.3) is 0 Å². The van der Waals surface area contributed by atoms with Crippen LogP contribution in [0, 0.1) is 76.9 Å². The van der Waals surface area contributed by atoms with Crippen LogP contribution in [0.1, 0.15) is 182 Å². The van der Waals surface area contributed by atoms with Gasteiger partial charge in [0.15, 0.2) is 0 Å². The maximum absolute atomic E-state index is 2.68. The van der Waals surface area contributed by atoms with Gasteiger partial charge >= 0.3 is 0 Å². The summed E-state index contributed by atoms with van der Waals surface area (Å²) in [4.78, 5) is 0. The molecule has 0 amide bonds. The van der Waals surface area contributed by atoms with E-state index in [0.29, 0.717) is 0 Å². The summed E-state index contributed by atoms with van der Waals surface area (Å²) >= 11 is 0. The fraction of sp³-hybridized carbons (Fsp3) is 1.00. The maximum atomic E-state index is 2.68. The molecule has 0 nitrogen and oxygen atoms in total. The Balaban J connectivity index is 1.18. The van der Waals surface area contributed by atoms with Crippen LogP contribution in [0.4, 0.5) is 0 Å². The second kappa shape index (κ2) is 15.8. The molecule has 5 aliphatic rings. The van der Waals surface area contributed by atoms with Crippen molar-refractivity contribution >= 4 is 0 Å². The van der Waals surface area contributed by atoms with E-state index in [1.54, 1.807) is 89.9 Å². The van der Waals surface area contributed by atoms with Gasteiger partial charge in [-0.1, -0.05) is 105 Å². The average Bonchev–Trinajstić information content (AvgIpc) is 3.01. The van der Waals surface area contributed by atoms with E-state index in [1.165, 1.54) is 57.8 Å². The monoisotopic (exact) mass is 567 g/mol. The van der Waals surface area contributed by atoms with Crippen molar-refractivity contribution < 1.29 is 0 Å². The highest BCUT2D eigenvalue weighted by Crippen LogP contribution is 2.53. The molecule has 5 saturated carbocycles. The third kappa shape index (κ3) is 8.19. The topological polar surface area (TPSA) is 0 Å². The Morgan fingerprint density at radius 2 is 1.10 bits per heavy atom. The summed E-state index contributed by atoms with van der Waals surface area (Å²) < 4.78 is 0. The van der Waals surface area contributed by atoms with E-state index in [2.05, 4.69) is 34.6 Å². The zero-order chi connectivity index (χ0) is 28.8. The average molecular weight is 567 g/mol. The highest BCUT2D eigenvalue weighted by atomic mass is 14.5. The molecular weight excluding hydrogens is 492 g/mol. The van der Waals surface area contributed by atoms with Crippen LogP contribution in [-0.2, 0) is 0 Å². The minimum absolute atomic E-state index is 0.968. The zero-order valence-electron chi connectivity index (χ0n) is 28.8. The lowest BCUT2D eigenvalue weighted by molar-refractivity contribution is 0.0142. The molecule has 0 radical (unpaired) electrons. The predicted molar refractivity (Wildman–Crippen MR) is 180 cm³/mol. The van der Waals surface area contributed by atoms with E-state index in [-0.39, 0.29) is 0 Å². The van der Waals surface area contributed by atoms with Gasteiger partial charge in [0.05, 0.1) is 0 Å². The minimum Gasteiger partial charge on any atom is -0.0651 e. The van der Waals surface area contributed by atoms with Crippen molar-refractivity contribution in [2.75, 3.05) is 0 Å². The lowest BCUT2D eigenvalue weighted by Gasteiger charge is -2.49. The Kier molecular flexibility index (Phi) is 12.5. The molecule has 0 bridgehead atoms. The first-order valence-electron chi connectivity index (χ1n) is 20.0. The summed E-state index contributed by atoms with van der Waals surface area (Å²) in [6.45, 7) is 12.8. The van der Waals surface area contributed by atoms with Gasteiger partial charge < -0.3 is 0 Å². The fourth-order valence-corrected chi connectivity index (χ4v) is 12.6. The summed E-state index contributed by atoms with van der Waals surface area (Å²) in [6, 6.07) is 0. The molecule has 5 rings (SSSR count). The first-order chi connectivity index (χ1) is 20.0. The van der Waals surface area contributed by atoms with Crippen molar-refractivity contribution in [2.24, 2.45) is 76.9 Å². The maximum Gasteiger partial charge on any atom is -0.0355 e. The number of hydrogen-bond acceptors (Lipinski definition) is 0. The van der Waals surface area contributed by atoms with Gasteiger partial charge in [0.1, 0.15) is 0 Å². The summed E-state index contributed by atoms with van der Waals surface area (Å²) in [5.74, 6) is 13.5. The molecule has 8 atom stereocenters. The van der Waals surface area contributed by atoms with Crippen molar-refractivity contribution in [3.05, 3.63) is 0 Å². The van der Waals surface area contributed by atoms with Crippen LogP contribution in [0.5, 0.6) is 0 Å². The van der Waals surface area contributed by atoms with E-state index in [0.717, 1.165) is 76.9 Å². The lowest BCUT2D eigenvalue weighted by Crippen LogP contribution is -2.39. The summed E-state index contributed by atoms with van der Waals surface area (Å²) in [5, 5.41) is 0. The van der Waals surface area contributed by atoms with E-state index < -0.39 is 0 Å². The van der Waals surface area contributed by atoms with E-state index in [9.17, 15) is 0 Å². The van der Waals surface area contributed by atoms with Crippen molar-refractivity contribution in [2.45, 2.75) is 182 Å². The van der Waals surface area contributed by atoms with Crippen LogP contribution in [0.3, 0.4) is 0 Å². The predicted octanol–water partition coefficient (Wildman–Crippen LogP) is 13.1. The van der Waals surface area contributed by atoms with E-state index in [4.69, 9.17) is 0 Å². The van der Waals surface area contributed by atoms with Crippen LogP contribution >= 0.6 is 0 Å². The van der Waals surface area contributed by atoms with Crippen molar-refractivity contribution in [1.82, 2.24) is 0 Å². The second-order valence-corrected chi connectivity index (χ2v) is 17.3. The van der Waals surface area contributed by atoms with Crippen LogP contribution in [-0.4, -0.2) is 0 Å². The molecule has 0 N–H and O–H groups in total. The molecule has 0 saturated heterocycles. The molecule has 238 valence electrons. The normalized spacial score (nSPS) is 43.0. The second-order valence-electron chi connectivity index (χ2n) is 17.3. The number of hydrogen-bond donors (Lipinski definition) is 0. The molecule has 5 fully saturated rings. The van der Waals surface area contributed by atoms with E-state index >= 15 is 0 Å². The molecule has 0 aromatic carbocycles. The Morgan fingerprint density at radius 1 is 0.512 bits per heavy atom. The Labute approximate surface area is 258 Å². The van der Waals surface area contributed by atoms with Crippen LogP contribution < -0.4 is 0 Å². The van der Waals surface area contributed by atoms with Gasteiger partial charge in [0.2, 0.25) is 0 Å². The van der Waals surface area contributed by atoms with Crippen LogP contribution in [0.15, 0.2) is 0 Å². The van der Waals surface area contributed by atoms with Crippen molar-refractivity contribution in [1.29, 1.82) is 0 Å². The van der Waals surface area contributed by atoms with Gasteiger partial charge in [0, 0.05) is 0 Å². The van der Waals surface area contributed by atoms with E-state index in [1.807, 2.05) is 0 Å². The van der Waals surface area contributed by atoms with Crippen molar-refractivity contribution in [3.63, 3.8) is 0 Å². The Bertz CT molecular complexity index is 716. The third-order valence-electron chi connectivity index (χ3n) is 15.2. The summed E-state index contributed by atoms with van der Waals surface area (Å²) in [5.41, 5.74) is 0. The molecular formula is C41H74. The lowest BCUT2D eigenvalue weighted by atomic mass is 9.57. The molecule has 0 spiro atoms. The largest absolute Gasteiger partial charge is 0.0651 e. The standard InChI is InChI=1S/C41H74/c1-6-32-20-25-36(27-38(32)26-31-12-10-9-11-13-31)37-19-16-30(5)41(28-37)40(8-3)39(7-2)35-23-21-34(22-24-35)33-17-14-29(4)15-18-33/h29-41H,6-28H2,1-5H3. The van der Waals surface area contributed by atoms with Crippen LogP contribution in [0.25, 0.3) is 0 Å². The highest BCUT2D eigenvalue weighted by Gasteiger charge is 2.43. The summed E-state index contributed by atoms with van der Waals surface area (Å²) in [6.07, 6.45) is 35.5. The molecule has 0 heteroatoms. The first kappa shape index (κ1) is 32.4. The van der Waals surface area contributed by atoms with Gasteiger partial charge in [-0.2, -0.15) is 0 Å². The van der Waals surface area contributed by atoms with Gasteiger partial charge in [-0.25, -0.2) is 0 Å². The minimum atomic E-state index is 0.968. The van der Waals surface area contributed by atoms with Crippen LogP contribution in [0.2, 0.25) is 0 Å². The summed E-state index contributed by atoms with van der Waals surface area (Å²) in [7, 11) is 0. The van der Waals surface area contributed by atoms with Crippen molar-refractivity contribution in [3.8, 4) is 0 Å². The SMILES string of the molecule is CCC1CCC(C2CCC(C)C(C(CC)C(CC)C3CCC(C4CCC(C)CC4)CC3)C2)CC1CC1CCCCC1. The molecule has 5 aliphatic carbocycles. The molecule has 8 unspecified atom stereocenters. The Hall–Kier alpha value is 0. The molecule has 0 aliphatic heterocycles. The van der Waals surface area contributed by atoms with Gasteiger partial charge in [-0.15, -0.1) is 0 Å². The molecule has 0 aromatic rings. The van der Waals surface area contributed by atoms with Gasteiger partial charge in [-0.3, -0.25) is 0 Å². The molecule has 0 heterocycles. The smallest absolute Gasteiger partial charge is 0.0355 e. The number of rotatable bonds is 10. The Morgan fingerprint density at radius 3 is 1.73 bits per heavy atom. The third-order valence-corrected chi connectivity index (χ3v) is 15.2. The highest BCUT2D eigenvalue weighted by molar-refractivity contribution is 4.93.